The van der Waals surface area contributed by atoms with E-state index in [-0.39, 0.29) is 5.91 Å². The van der Waals surface area contributed by atoms with Gasteiger partial charge in [-0.3, -0.25) is 4.79 Å². The number of likely N-dealkylation sites (tertiary alicyclic amines) is 1. The van der Waals surface area contributed by atoms with Gasteiger partial charge >= 0.3 is 0 Å². The number of pyridine rings is 1. The zero-order chi connectivity index (χ0) is 17.9. The molecule has 1 saturated heterocycles. The average Bonchev–Trinajstić information content (AvgIpc) is 3.23. The predicted octanol–water partition coefficient (Wildman–Crippen LogP) is 3.34. The molecule has 1 amide bonds. The van der Waals surface area contributed by atoms with Crippen LogP contribution in [0.25, 0.3) is 5.82 Å². The summed E-state index contributed by atoms with van der Waals surface area (Å²) in [7, 11) is 0. The number of carbonyl (C=O) groups is 1. The summed E-state index contributed by atoms with van der Waals surface area (Å²) >= 11 is 5.96. The quantitative estimate of drug-likeness (QED) is 0.712. The third-order valence-corrected chi connectivity index (χ3v) is 5.02. The summed E-state index contributed by atoms with van der Waals surface area (Å²) < 4.78 is 1.56. The second-order valence-electron chi connectivity index (χ2n) is 6.36. The van der Waals surface area contributed by atoms with E-state index < -0.39 is 0 Å². The van der Waals surface area contributed by atoms with Crippen LogP contribution in [-0.2, 0) is 0 Å². The van der Waals surface area contributed by atoms with Crippen LogP contribution in [0.5, 0.6) is 0 Å². The second kappa shape index (κ2) is 7.25. The first-order valence-electron chi connectivity index (χ1n) is 8.56. The van der Waals surface area contributed by atoms with Gasteiger partial charge in [0.25, 0.3) is 5.91 Å². The summed E-state index contributed by atoms with van der Waals surface area (Å²) in [6.07, 6.45) is 6.54. The molecule has 4 rings (SSSR count). The molecule has 0 atom stereocenters. The molecule has 0 N–H and O–H groups in total. The Balaban J connectivity index is 1.39. The van der Waals surface area contributed by atoms with Crippen molar-refractivity contribution in [1.82, 2.24) is 24.6 Å². The maximum Gasteiger partial charge on any atom is 0.255 e. The Kier molecular flexibility index (Phi) is 4.67. The number of rotatable bonds is 3. The minimum atomic E-state index is 0.0252. The number of amides is 1. The summed E-state index contributed by atoms with van der Waals surface area (Å²) in [5.41, 5.74) is 1.89. The summed E-state index contributed by atoms with van der Waals surface area (Å²) in [5.74, 6) is 1.14. The van der Waals surface area contributed by atoms with Crippen molar-refractivity contribution in [3.63, 3.8) is 0 Å². The number of nitrogens with zero attached hydrogens (tertiary/aromatic N) is 5. The second-order valence-corrected chi connectivity index (χ2v) is 6.80. The topological polar surface area (TPSA) is 63.9 Å². The van der Waals surface area contributed by atoms with E-state index in [1.165, 1.54) is 11.9 Å². The van der Waals surface area contributed by atoms with Gasteiger partial charge < -0.3 is 4.90 Å². The van der Waals surface area contributed by atoms with Gasteiger partial charge in [0.05, 0.1) is 5.56 Å². The van der Waals surface area contributed by atoms with Gasteiger partial charge in [0, 0.05) is 24.3 Å². The Labute approximate surface area is 156 Å². The van der Waals surface area contributed by atoms with Gasteiger partial charge in [0.2, 0.25) is 0 Å². The largest absolute Gasteiger partial charge is 0.339 e. The van der Waals surface area contributed by atoms with Crippen molar-refractivity contribution in [2.75, 3.05) is 13.1 Å². The van der Waals surface area contributed by atoms with Crippen molar-refractivity contribution in [3.8, 4) is 5.82 Å². The zero-order valence-corrected chi connectivity index (χ0v) is 14.9. The molecular formula is C19H18ClN5O. The number of hydrogen-bond donors (Lipinski definition) is 0. The molecule has 0 bridgehead atoms. The zero-order valence-electron chi connectivity index (χ0n) is 14.1. The SMILES string of the molecule is O=C(c1ccc(-n2cncn2)nc1)N1CCC(c2ccc(Cl)cc2)CC1. The molecule has 132 valence electrons. The molecule has 0 spiro atoms. The van der Waals surface area contributed by atoms with Crippen molar-refractivity contribution in [2.45, 2.75) is 18.8 Å². The summed E-state index contributed by atoms with van der Waals surface area (Å²) in [6, 6.07) is 11.6. The molecule has 1 aromatic carbocycles. The van der Waals surface area contributed by atoms with Gasteiger partial charge in [-0.15, -0.1) is 0 Å². The van der Waals surface area contributed by atoms with Gasteiger partial charge in [-0.1, -0.05) is 23.7 Å². The molecule has 1 aliphatic heterocycles. The van der Waals surface area contributed by atoms with Gasteiger partial charge in [-0.05, 0) is 48.6 Å². The Hall–Kier alpha value is -2.73. The van der Waals surface area contributed by atoms with Crippen LogP contribution in [-0.4, -0.2) is 43.6 Å². The first-order chi connectivity index (χ1) is 12.7. The van der Waals surface area contributed by atoms with Crippen LogP contribution >= 0.6 is 11.6 Å². The molecular weight excluding hydrogens is 350 g/mol. The lowest BCUT2D eigenvalue weighted by atomic mass is 9.89. The van der Waals surface area contributed by atoms with Crippen molar-refractivity contribution in [3.05, 3.63) is 71.4 Å². The molecule has 3 heterocycles. The standard InChI is InChI=1S/C19H18ClN5O/c20-17-4-1-14(2-5-17)15-7-9-24(10-8-15)19(26)16-3-6-18(22-11-16)25-13-21-12-23-25/h1-6,11-13,15H,7-10H2. The molecule has 7 heteroatoms. The van der Waals surface area contributed by atoms with Crippen LogP contribution < -0.4 is 0 Å². The van der Waals surface area contributed by atoms with Crippen molar-refractivity contribution < 1.29 is 4.79 Å². The van der Waals surface area contributed by atoms with E-state index in [0.29, 0.717) is 17.3 Å². The highest BCUT2D eigenvalue weighted by Crippen LogP contribution is 2.29. The number of carbonyl (C=O) groups excluding carboxylic acids is 1. The lowest BCUT2D eigenvalue weighted by Gasteiger charge is -2.32. The third kappa shape index (κ3) is 3.46. The van der Waals surface area contributed by atoms with Gasteiger partial charge in [0.15, 0.2) is 5.82 Å². The number of halogens is 1. The third-order valence-electron chi connectivity index (χ3n) is 4.77. The van der Waals surface area contributed by atoms with Crippen molar-refractivity contribution >= 4 is 17.5 Å². The van der Waals surface area contributed by atoms with E-state index in [9.17, 15) is 4.79 Å². The number of piperidine rings is 1. The molecule has 3 aromatic rings. The number of hydrogen-bond acceptors (Lipinski definition) is 4. The summed E-state index contributed by atoms with van der Waals surface area (Å²) in [6.45, 7) is 1.49. The fraction of sp³-hybridized carbons (Fsp3) is 0.263. The van der Waals surface area contributed by atoms with E-state index in [0.717, 1.165) is 31.0 Å². The van der Waals surface area contributed by atoms with E-state index in [2.05, 4.69) is 27.2 Å². The van der Waals surface area contributed by atoms with Crippen LogP contribution in [0.2, 0.25) is 5.02 Å². The Morgan fingerprint density at radius 3 is 2.46 bits per heavy atom. The number of benzene rings is 1. The summed E-state index contributed by atoms with van der Waals surface area (Å²) in [4.78, 5) is 22.8. The van der Waals surface area contributed by atoms with Gasteiger partial charge in [0.1, 0.15) is 12.7 Å². The monoisotopic (exact) mass is 367 g/mol. The molecule has 2 aromatic heterocycles. The highest BCUT2D eigenvalue weighted by Gasteiger charge is 2.24. The number of aromatic nitrogens is 4. The minimum Gasteiger partial charge on any atom is -0.339 e. The first-order valence-corrected chi connectivity index (χ1v) is 8.94. The van der Waals surface area contributed by atoms with E-state index in [1.54, 1.807) is 29.3 Å². The molecule has 0 saturated carbocycles. The van der Waals surface area contributed by atoms with Crippen LogP contribution in [0.1, 0.15) is 34.7 Å². The van der Waals surface area contributed by atoms with Crippen LogP contribution in [0, 0.1) is 0 Å². The molecule has 1 aliphatic rings. The van der Waals surface area contributed by atoms with Crippen molar-refractivity contribution in [2.24, 2.45) is 0 Å². The first kappa shape index (κ1) is 16.7. The Morgan fingerprint density at radius 2 is 1.85 bits per heavy atom. The van der Waals surface area contributed by atoms with E-state index in [4.69, 9.17) is 11.6 Å². The molecule has 0 unspecified atom stereocenters. The molecule has 1 fully saturated rings. The highest BCUT2D eigenvalue weighted by atomic mass is 35.5. The van der Waals surface area contributed by atoms with E-state index in [1.807, 2.05) is 17.0 Å². The molecule has 26 heavy (non-hydrogen) atoms. The highest BCUT2D eigenvalue weighted by molar-refractivity contribution is 6.30. The van der Waals surface area contributed by atoms with Crippen LogP contribution in [0.4, 0.5) is 0 Å². The lowest BCUT2D eigenvalue weighted by Crippen LogP contribution is -2.38. The predicted molar refractivity (Wildman–Crippen MR) is 98.5 cm³/mol. The lowest BCUT2D eigenvalue weighted by molar-refractivity contribution is 0.0712. The fourth-order valence-corrected chi connectivity index (χ4v) is 3.43. The molecule has 0 aliphatic carbocycles. The molecule has 6 nitrogen and oxygen atoms in total. The van der Waals surface area contributed by atoms with Crippen molar-refractivity contribution in [1.29, 1.82) is 0 Å². The van der Waals surface area contributed by atoms with E-state index >= 15 is 0 Å². The van der Waals surface area contributed by atoms with Gasteiger partial charge in [-0.2, -0.15) is 5.10 Å². The fourth-order valence-electron chi connectivity index (χ4n) is 3.31. The maximum atomic E-state index is 12.7. The van der Waals surface area contributed by atoms with Crippen LogP contribution in [0.3, 0.4) is 0 Å². The Bertz CT molecular complexity index is 869. The molecule has 0 radical (unpaired) electrons. The average molecular weight is 368 g/mol. The van der Waals surface area contributed by atoms with Crippen LogP contribution in [0.15, 0.2) is 55.2 Å². The summed E-state index contributed by atoms with van der Waals surface area (Å²) in [5, 5.41) is 4.79. The normalized spacial score (nSPS) is 15.2. The van der Waals surface area contributed by atoms with Gasteiger partial charge in [-0.25, -0.2) is 14.6 Å². The maximum absolute atomic E-state index is 12.7. The minimum absolute atomic E-state index is 0.0252. The Morgan fingerprint density at radius 1 is 1.08 bits per heavy atom. The smallest absolute Gasteiger partial charge is 0.255 e.